The molecule has 1 unspecified atom stereocenters. The molecule has 0 amide bonds. The van der Waals surface area contributed by atoms with Gasteiger partial charge in [-0.3, -0.25) is 4.98 Å². The maximum atomic E-state index is 6.24. The molecule has 0 aliphatic rings. The zero-order valence-corrected chi connectivity index (χ0v) is 12.1. The van der Waals surface area contributed by atoms with Crippen LogP contribution in [0.3, 0.4) is 0 Å². The second-order valence-electron chi connectivity index (χ2n) is 4.63. The number of hydrogen-bond acceptors (Lipinski definition) is 4. The summed E-state index contributed by atoms with van der Waals surface area (Å²) in [6.07, 6.45) is 2.16. The lowest BCUT2D eigenvalue weighted by molar-refractivity contribution is -0.147. The van der Waals surface area contributed by atoms with Crippen LogP contribution in [0.25, 0.3) is 10.9 Å². The van der Waals surface area contributed by atoms with Crippen LogP contribution < -0.4 is 5.73 Å². The fraction of sp³-hybridized carbons (Fsp3) is 0.438. The molecule has 0 aliphatic heterocycles. The number of nitrogens with two attached hydrogens (primary N) is 1. The lowest BCUT2D eigenvalue weighted by atomic mass is 10.0. The van der Waals surface area contributed by atoms with Crippen molar-refractivity contribution in [1.82, 2.24) is 4.98 Å². The molecule has 20 heavy (non-hydrogen) atoms. The van der Waals surface area contributed by atoms with E-state index in [9.17, 15) is 0 Å². The standard InChI is InChI=1S/C16H22N2O2/c1-3-19-16(20-4-2)14(17)11-12-9-10-18-15-8-6-5-7-13(12)15/h5-10,14,16H,3-4,11,17H2,1-2H3. The Kier molecular flexibility index (Phi) is 5.47. The highest BCUT2D eigenvalue weighted by Gasteiger charge is 2.19. The summed E-state index contributed by atoms with van der Waals surface area (Å²) in [6.45, 7) is 5.08. The Hall–Kier alpha value is -1.49. The van der Waals surface area contributed by atoms with Gasteiger partial charge in [0.25, 0.3) is 0 Å². The molecule has 108 valence electrons. The Morgan fingerprint density at radius 3 is 2.50 bits per heavy atom. The largest absolute Gasteiger partial charge is 0.351 e. The van der Waals surface area contributed by atoms with Gasteiger partial charge in [0.15, 0.2) is 6.29 Å². The van der Waals surface area contributed by atoms with E-state index in [4.69, 9.17) is 15.2 Å². The monoisotopic (exact) mass is 274 g/mol. The summed E-state index contributed by atoms with van der Waals surface area (Å²) in [4.78, 5) is 4.36. The van der Waals surface area contributed by atoms with Crippen molar-refractivity contribution in [3.8, 4) is 0 Å². The van der Waals surface area contributed by atoms with Gasteiger partial charge in [0, 0.05) is 24.8 Å². The molecular formula is C16H22N2O2. The molecule has 1 aromatic heterocycles. The fourth-order valence-electron chi connectivity index (χ4n) is 2.31. The van der Waals surface area contributed by atoms with Crippen molar-refractivity contribution in [2.45, 2.75) is 32.6 Å². The number of para-hydroxylation sites is 1. The van der Waals surface area contributed by atoms with E-state index in [1.54, 1.807) is 0 Å². The van der Waals surface area contributed by atoms with Crippen molar-refractivity contribution in [3.05, 3.63) is 42.1 Å². The van der Waals surface area contributed by atoms with Crippen molar-refractivity contribution >= 4 is 10.9 Å². The van der Waals surface area contributed by atoms with Crippen LogP contribution in [0.5, 0.6) is 0 Å². The molecule has 2 aromatic rings. The minimum Gasteiger partial charge on any atom is -0.351 e. The van der Waals surface area contributed by atoms with Crippen LogP contribution in [0.4, 0.5) is 0 Å². The van der Waals surface area contributed by atoms with Gasteiger partial charge in [-0.15, -0.1) is 0 Å². The van der Waals surface area contributed by atoms with Gasteiger partial charge in [-0.2, -0.15) is 0 Å². The van der Waals surface area contributed by atoms with Gasteiger partial charge in [-0.05, 0) is 38.0 Å². The second kappa shape index (κ2) is 7.33. The second-order valence-corrected chi connectivity index (χ2v) is 4.63. The molecule has 1 heterocycles. The van der Waals surface area contributed by atoms with Crippen LogP contribution in [0, 0.1) is 0 Å². The van der Waals surface area contributed by atoms with Crippen LogP contribution in [0.15, 0.2) is 36.5 Å². The van der Waals surface area contributed by atoms with Crippen LogP contribution in [-0.2, 0) is 15.9 Å². The first-order valence-electron chi connectivity index (χ1n) is 7.07. The summed E-state index contributed by atoms with van der Waals surface area (Å²) in [6, 6.07) is 9.90. The Morgan fingerprint density at radius 1 is 1.10 bits per heavy atom. The molecule has 1 atom stereocenters. The van der Waals surface area contributed by atoms with Gasteiger partial charge >= 0.3 is 0 Å². The smallest absolute Gasteiger partial charge is 0.172 e. The molecule has 0 radical (unpaired) electrons. The number of aromatic nitrogens is 1. The Bertz CT molecular complexity index is 533. The Labute approximate surface area is 119 Å². The predicted octanol–water partition coefficient (Wildman–Crippen LogP) is 2.50. The first-order valence-corrected chi connectivity index (χ1v) is 7.07. The summed E-state index contributed by atoms with van der Waals surface area (Å²) >= 11 is 0. The molecule has 2 rings (SSSR count). The number of rotatable bonds is 7. The van der Waals surface area contributed by atoms with Gasteiger partial charge < -0.3 is 15.2 Å². The minimum absolute atomic E-state index is 0.194. The van der Waals surface area contributed by atoms with E-state index in [-0.39, 0.29) is 12.3 Å². The molecule has 0 saturated carbocycles. The summed E-state index contributed by atoms with van der Waals surface area (Å²) in [5.41, 5.74) is 8.40. The van der Waals surface area contributed by atoms with Crippen LogP contribution in [0.1, 0.15) is 19.4 Å². The van der Waals surface area contributed by atoms with E-state index < -0.39 is 0 Å². The number of hydrogen-bond donors (Lipinski definition) is 1. The lowest BCUT2D eigenvalue weighted by Gasteiger charge is -2.23. The molecule has 0 saturated heterocycles. The van der Waals surface area contributed by atoms with Crippen LogP contribution in [0.2, 0.25) is 0 Å². The quantitative estimate of drug-likeness (QED) is 0.788. The fourth-order valence-corrected chi connectivity index (χ4v) is 2.31. The summed E-state index contributed by atoms with van der Waals surface area (Å²) in [5, 5.41) is 1.14. The molecule has 4 heteroatoms. The van der Waals surface area contributed by atoms with Crippen molar-refractivity contribution < 1.29 is 9.47 Å². The number of ether oxygens (including phenoxy) is 2. The first-order chi connectivity index (χ1) is 9.76. The average molecular weight is 274 g/mol. The number of benzene rings is 1. The topological polar surface area (TPSA) is 57.4 Å². The number of pyridine rings is 1. The molecule has 0 aliphatic carbocycles. The van der Waals surface area contributed by atoms with E-state index in [1.165, 1.54) is 5.56 Å². The first kappa shape index (κ1) is 14.9. The van der Waals surface area contributed by atoms with E-state index in [2.05, 4.69) is 11.1 Å². The predicted molar refractivity (Wildman–Crippen MR) is 80.5 cm³/mol. The molecule has 1 aromatic carbocycles. The Balaban J connectivity index is 2.18. The Morgan fingerprint density at radius 2 is 1.80 bits per heavy atom. The third-order valence-electron chi connectivity index (χ3n) is 3.21. The highest BCUT2D eigenvalue weighted by molar-refractivity contribution is 5.81. The summed E-state index contributed by atoms with van der Waals surface area (Å²) < 4.78 is 11.1. The van der Waals surface area contributed by atoms with E-state index in [0.717, 1.165) is 10.9 Å². The maximum absolute atomic E-state index is 6.24. The average Bonchev–Trinajstić information content (AvgIpc) is 2.47. The van der Waals surface area contributed by atoms with Gasteiger partial charge in [-0.1, -0.05) is 18.2 Å². The third-order valence-corrected chi connectivity index (χ3v) is 3.21. The molecular weight excluding hydrogens is 252 g/mol. The van der Waals surface area contributed by atoms with Gasteiger partial charge in [0.1, 0.15) is 0 Å². The highest BCUT2D eigenvalue weighted by Crippen LogP contribution is 2.18. The van der Waals surface area contributed by atoms with Gasteiger partial charge in [0.05, 0.1) is 11.6 Å². The molecule has 0 spiro atoms. The van der Waals surface area contributed by atoms with Crippen LogP contribution >= 0.6 is 0 Å². The van der Waals surface area contributed by atoms with Crippen molar-refractivity contribution in [3.63, 3.8) is 0 Å². The molecule has 0 fully saturated rings. The molecule has 0 bridgehead atoms. The van der Waals surface area contributed by atoms with Crippen molar-refractivity contribution in [1.29, 1.82) is 0 Å². The molecule has 4 nitrogen and oxygen atoms in total. The molecule has 2 N–H and O–H groups in total. The third kappa shape index (κ3) is 3.54. The zero-order valence-electron chi connectivity index (χ0n) is 12.1. The lowest BCUT2D eigenvalue weighted by Crippen LogP contribution is -2.40. The minimum atomic E-state index is -0.364. The van der Waals surface area contributed by atoms with Gasteiger partial charge in [0.2, 0.25) is 0 Å². The van der Waals surface area contributed by atoms with E-state index >= 15 is 0 Å². The van der Waals surface area contributed by atoms with E-state index in [1.807, 2.05) is 44.3 Å². The zero-order chi connectivity index (χ0) is 14.4. The van der Waals surface area contributed by atoms with Crippen molar-refractivity contribution in [2.24, 2.45) is 5.73 Å². The van der Waals surface area contributed by atoms with Gasteiger partial charge in [-0.25, -0.2) is 0 Å². The summed E-state index contributed by atoms with van der Waals surface area (Å²) in [5.74, 6) is 0. The number of nitrogens with zero attached hydrogens (tertiary/aromatic N) is 1. The van der Waals surface area contributed by atoms with Crippen LogP contribution in [-0.4, -0.2) is 30.5 Å². The highest BCUT2D eigenvalue weighted by atomic mass is 16.7. The van der Waals surface area contributed by atoms with Crippen molar-refractivity contribution in [2.75, 3.05) is 13.2 Å². The maximum Gasteiger partial charge on any atom is 0.172 e. The van der Waals surface area contributed by atoms with E-state index in [0.29, 0.717) is 19.6 Å². The normalized spacial score (nSPS) is 13.0. The SMILES string of the molecule is CCOC(OCC)C(N)Cc1ccnc2ccccc12. The summed E-state index contributed by atoms with van der Waals surface area (Å²) in [7, 11) is 0. The number of fused-ring (bicyclic) bond motifs is 1.